The Morgan fingerprint density at radius 3 is 2.86 bits per heavy atom. The smallest absolute Gasteiger partial charge is 0.187 e. The van der Waals surface area contributed by atoms with Crippen molar-refractivity contribution in [3.8, 4) is 0 Å². The minimum Gasteiger partial charge on any atom is -0.357 e. The lowest BCUT2D eigenvalue weighted by molar-refractivity contribution is 0.0812. The molecule has 0 unspecified atom stereocenters. The zero-order valence-corrected chi connectivity index (χ0v) is 14.7. The van der Waals surface area contributed by atoms with E-state index in [2.05, 4.69) is 55.5 Å². The summed E-state index contributed by atoms with van der Waals surface area (Å²) in [6.45, 7) is 3.59. The van der Waals surface area contributed by atoms with E-state index in [9.17, 15) is 0 Å². The van der Waals surface area contributed by atoms with Crippen LogP contribution >= 0.6 is 34.8 Å². The summed E-state index contributed by atoms with van der Waals surface area (Å²) in [4.78, 5) is 2.51. The molecule has 1 aromatic rings. The van der Waals surface area contributed by atoms with Crippen LogP contribution in [0.5, 0.6) is 0 Å². The summed E-state index contributed by atoms with van der Waals surface area (Å²) in [7, 11) is 0. The number of piperidine rings is 3. The number of nitrogens with zero attached hydrogens (tertiary/aromatic N) is 2. The molecule has 2 N–H and O–H groups in total. The molecule has 0 amide bonds. The van der Waals surface area contributed by atoms with Gasteiger partial charge in [-0.2, -0.15) is 5.10 Å². The van der Waals surface area contributed by atoms with Crippen molar-refractivity contribution < 1.29 is 0 Å². The van der Waals surface area contributed by atoms with E-state index >= 15 is 0 Å². The molecule has 6 heteroatoms. The quantitative estimate of drug-likeness (QED) is 0.344. The lowest BCUT2D eigenvalue weighted by Crippen LogP contribution is -2.58. The largest absolute Gasteiger partial charge is 0.357 e. The maximum absolute atomic E-state index is 5.34. The molecule has 2 bridgehead atoms. The van der Waals surface area contributed by atoms with Crippen LogP contribution in [-0.2, 0) is 0 Å². The summed E-state index contributed by atoms with van der Waals surface area (Å²) in [6.07, 6.45) is 4.37. The lowest BCUT2D eigenvalue weighted by Gasteiger charge is -2.45. The molecule has 3 heterocycles. The number of hydrazone groups is 1. The van der Waals surface area contributed by atoms with Crippen LogP contribution in [0.3, 0.4) is 0 Å². The first-order valence-corrected chi connectivity index (χ1v) is 8.77. The topological polar surface area (TPSA) is 39.7 Å². The second-order valence-corrected chi connectivity index (χ2v) is 7.30. The highest BCUT2D eigenvalue weighted by atomic mass is 127. The van der Waals surface area contributed by atoms with Crippen LogP contribution in [0.1, 0.15) is 18.4 Å². The predicted octanol–water partition coefficient (Wildman–Crippen LogP) is 2.18. The number of nitrogens with one attached hydrogen (secondary N) is 2. The zero-order chi connectivity index (χ0) is 14.7. The van der Waals surface area contributed by atoms with Gasteiger partial charge in [-0.1, -0.05) is 12.1 Å². The minimum absolute atomic E-state index is 0.473. The number of hydrogen-bond donors (Lipinski definition) is 2. The van der Waals surface area contributed by atoms with Crippen molar-refractivity contribution >= 4 is 46.1 Å². The highest BCUT2D eigenvalue weighted by Crippen LogP contribution is 2.27. The van der Waals surface area contributed by atoms with Crippen molar-refractivity contribution in [1.29, 1.82) is 0 Å². The van der Waals surface area contributed by atoms with Gasteiger partial charge in [0.05, 0.1) is 6.21 Å². The average Bonchev–Trinajstić information content (AvgIpc) is 2.48. The van der Waals surface area contributed by atoms with Gasteiger partial charge in [0.1, 0.15) is 0 Å². The van der Waals surface area contributed by atoms with Gasteiger partial charge in [-0.05, 0) is 84.4 Å². The molecule has 3 fully saturated rings. The van der Waals surface area contributed by atoms with E-state index in [1.807, 2.05) is 12.1 Å². The third-order valence-corrected chi connectivity index (χ3v) is 5.08. The molecule has 0 radical (unpaired) electrons. The van der Waals surface area contributed by atoms with Gasteiger partial charge in [0.15, 0.2) is 5.11 Å². The first kappa shape index (κ1) is 15.2. The van der Waals surface area contributed by atoms with E-state index in [4.69, 9.17) is 12.2 Å². The summed E-state index contributed by atoms with van der Waals surface area (Å²) >= 11 is 7.63. The maximum atomic E-state index is 5.34. The van der Waals surface area contributed by atoms with Crippen LogP contribution in [0.2, 0.25) is 0 Å². The van der Waals surface area contributed by atoms with Crippen molar-refractivity contribution in [2.24, 2.45) is 11.0 Å². The number of fused-ring (bicyclic) bond motifs is 3. The summed E-state index contributed by atoms with van der Waals surface area (Å²) < 4.78 is 1.20. The SMILES string of the molecule is S=C(N/N=C\c1cccc(I)c1)N[C@@H]1CN2CCC1CC2. The van der Waals surface area contributed by atoms with Crippen LogP contribution in [0.25, 0.3) is 0 Å². The van der Waals surface area contributed by atoms with E-state index < -0.39 is 0 Å². The Morgan fingerprint density at radius 2 is 2.19 bits per heavy atom. The molecular weight excluding hydrogens is 395 g/mol. The summed E-state index contributed by atoms with van der Waals surface area (Å²) in [6, 6.07) is 8.66. The van der Waals surface area contributed by atoms with E-state index in [0.29, 0.717) is 11.2 Å². The van der Waals surface area contributed by atoms with Gasteiger partial charge in [0.25, 0.3) is 0 Å². The molecule has 1 aromatic carbocycles. The molecule has 0 saturated carbocycles. The molecule has 3 aliphatic rings. The third-order valence-electron chi connectivity index (χ3n) is 4.20. The molecular formula is C15H19IN4S. The lowest BCUT2D eigenvalue weighted by atomic mass is 9.84. The monoisotopic (exact) mass is 414 g/mol. The van der Waals surface area contributed by atoms with E-state index in [0.717, 1.165) is 18.0 Å². The molecule has 3 aliphatic heterocycles. The molecule has 0 spiro atoms. The Hall–Kier alpha value is -0.730. The Morgan fingerprint density at radius 1 is 1.38 bits per heavy atom. The molecule has 0 aromatic heterocycles. The van der Waals surface area contributed by atoms with Gasteiger partial charge in [-0.3, -0.25) is 5.43 Å². The first-order chi connectivity index (χ1) is 10.2. The Balaban J connectivity index is 1.48. The van der Waals surface area contributed by atoms with Crippen LogP contribution < -0.4 is 10.7 Å². The fraction of sp³-hybridized carbons (Fsp3) is 0.467. The molecule has 0 aliphatic carbocycles. The number of rotatable bonds is 3. The van der Waals surface area contributed by atoms with Gasteiger partial charge in [0.2, 0.25) is 0 Å². The normalized spacial score (nSPS) is 27.8. The van der Waals surface area contributed by atoms with Crippen LogP contribution in [0.15, 0.2) is 29.4 Å². The number of thiocarbonyl (C=S) groups is 1. The number of benzene rings is 1. The fourth-order valence-electron chi connectivity index (χ4n) is 3.08. The van der Waals surface area contributed by atoms with Crippen molar-refractivity contribution in [1.82, 2.24) is 15.6 Å². The number of hydrogen-bond acceptors (Lipinski definition) is 3. The zero-order valence-electron chi connectivity index (χ0n) is 11.8. The van der Waals surface area contributed by atoms with Crippen molar-refractivity contribution in [3.05, 3.63) is 33.4 Å². The molecule has 4 rings (SSSR count). The van der Waals surface area contributed by atoms with Crippen LogP contribution in [-0.4, -0.2) is 41.9 Å². The van der Waals surface area contributed by atoms with Gasteiger partial charge >= 0.3 is 0 Å². The van der Waals surface area contributed by atoms with Gasteiger partial charge in [0, 0.05) is 16.2 Å². The van der Waals surface area contributed by atoms with E-state index in [1.54, 1.807) is 6.21 Å². The Bertz CT molecular complexity index is 540. The van der Waals surface area contributed by atoms with Crippen molar-refractivity contribution in [3.63, 3.8) is 0 Å². The van der Waals surface area contributed by atoms with Gasteiger partial charge < -0.3 is 10.2 Å². The minimum atomic E-state index is 0.473. The second-order valence-electron chi connectivity index (χ2n) is 5.64. The Labute approximate surface area is 144 Å². The summed E-state index contributed by atoms with van der Waals surface area (Å²) in [5.74, 6) is 0.759. The van der Waals surface area contributed by atoms with Gasteiger partial charge in [-0.15, -0.1) is 0 Å². The van der Waals surface area contributed by atoms with Gasteiger partial charge in [-0.25, -0.2) is 0 Å². The molecule has 3 saturated heterocycles. The highest BCUT2D eigenvalue weighted by molar-refractivity contribution is 14.1. The maximum Gasteiger partial charge on any atom is 0.187 e. The third kappa shape index (κ3) is 4.14. The first-order valence-electron chi connectivity index (χ1n) is 7.28. The predicted molar refractivity (Wildman–Crippen MR) is 98.6 cm³/mol. The molecule has 21 heavy (non-hydrogen) atoms. The molecule has 1 atom stereocenters. The standard InChI is InChI=1S/C15H19IN4S/c16-13-3-1-2-11(8-13)9-17-19-15(21)18-14-10-20-6-4-12(14)5-7-20/h1-3,8-9,12,14H,4-7,10H2,(H2,18,19,21)/b17-9-/t14-/m1/s1. The van der Waals surface area contributed by atoms with E-state index in [1.165, 1.54) is 29.5 Å². The summed E-state index contributed by atoms with van der Waals surface area (Å²) in [5.41, 5.74) is 4.00. The van der Waals surface area contributed by atoms with Crippen LogP contribution in [0, 0.1) is 9.49 Å². The summed E-state index contributed by atoms with van der Waals surface area (Å²) in [5, 5.41) is 8.25. The highest BCUT2D eigenvalue weighted by Gasteiger charge is 2.34. The average molecular weight is 414 g/mol. The Kier molecular flexibility index (Phi) is 5.07. The number of halogens is 1. The fourth-order valence-corrected chi connectivity index (χ4v) is 3.85. The second kappa shape index (κ2) is 7.02. The van der Waals surface area contributed by atoms with Crippen LogP contribution in [0.4, 0.5) is 0 Å². The molecule has 112 valence electrons. The van der Waals surface area contributed by atoms with Crippen molar-refractivity contribution in [2.45, 2.75) is 18.9 Å². The van der Waals surface area contributed by atoms with E-state index in [-0.39, 0.29) is 0 Å². The van der Waals surface area contributed by atoms with Crippen molar-refractivity contribution in [2.75, 3.05) is 19.6 Å². The molecule has 4 nitrogen and oxygen atoms in total.